The van der Waals surface area contributed by atoms with Crippen LogP contribution in [0.25, 0.3) is 11.6 Å². The Morgan fingerprint density at radius 3 is 2.86 bits per heavy atom. The average Bonchev–Trinajstić information content (AvgIpc) is 2.75. The molecule has 3 rings (SSSR count). The van der Waals surface area contributed by atoms with E-state index in [9.17, 15) is 14.0 Å². The van der Waals surface area contributed by atoms with E-state index in [1.54, 1.807) is 0 Å². The van der Waals surface area contributed by atoms with Crippen molar-refractivity contribution in [2.24, 2.45) is 0 Å². The Bertz CT molecular complexity index is 771. The van der Waals surface area contributed by atoms with Gasteiger partial charge in [0.15, 0.2) is 5.82 Å². The van der Waals surface area contributed by atoms with E-state index in [-0.39, 0.29) is 11.1 Å². The molecule has 0 aliphatic carbocycles. The minimum absolute atomic E-state index is 0.156. The van der Waals surface area contributed by atoms with Gasteiger partial charge in [-0.15, -0.1) is 10.2 Å². The van der Waals surface area contributed by atoms with Gasteiger partial charge in [0, 0.05) is 24.6 Å². The molecule has 1 aliphatic heterocycles. The number of allylic oxidation sites excluding steroid dienone is 1. The lowest BCUT2D eigenvalue weighted by atomic mass is 10.1. The lowest BCUT2D eigenvalue weighted by Crippen LogP contribution is -2.05. The van der Waals surface area contributed by atoms with Crippen LogP contribution >= 0.6 is 0 Å². The molecule has 0 atom stereocenters. The molecular formula is C16H14F2N4. The molecule has 0 amide bonds. The van der Waals surface area contributed by atoms with Crippen molar-refractivity contribution in [2.75, 3.05) is 0 Å². The first-order valence-corrected chi connectivity index (χ1v) is 7.18. The maximum absolute atomic E-state index is 13.8. The largest absolute Gasteiger partial charge is 0.310 e. The second-order valence-corrected chi connectivity index (χ2v) is 5.24. The number of hydrogen-bond acceptors (Lipinski definition) is 3. The molecule has 22 heavy (non-hydrogen) atoms. The van der Waals surface area contributed by atoms with Crippen molar-refractivity contribution in [3.8, 4) is 6.07 Å². The van der Waals surface area contributed by atoms with Gasteiger partial charge in [0.25, 0.3) is 0 Å². The summed E-state index contributed by atoms with van der Waals surface area (Å²) in [5.41, 5.74) is 0.384. The van der Waals surface area contributed by atoms with Gasteiger partial charge in [-0.1, -0.05) is 6.42 Å². The Morgan fingerprint density at radius 2 is 2.09 bits per heavy atom. The highest BCUT2D eigenvalue weighted by Gasteiger charge is 2.18. The van der Waals surface area contributed by atoms with Gasteiger partial charge in [-0.3, -0.25) is 0 Å². The fourth-order valence-corrected chi connectivity index (χ4v) is 2.61. The van der Waals surface area contributed by atoms with Crippen LogP contribution in [0.5, 0.6) is 0 Å². The monoisotopic (exact) mass is 300 g/mol. The van der Waals surface area contributed by atoms with E-state index < -0.39 is 11.6 Å². The molecule has 112 valence electrons. The fraction of sp³-hybridized carbons (Fsp3) is 0.312. The molecule has 2 aromatic rings. The maximum Gasteiger partial charge on any atom is 0.174 e. The molecule has 0 spiro atoms. The van der Waals surface area contributed by atoms with E-state index in [0.29, 0.717) is 5.82 Å². The minimum Gasteiger partial charge on any atom is -0.310 e. The molecule has 0 bridgehead atoms. The summed E-state index contributed by atoms with van der Waals surface area (Å²) in [7, 11) is 0. The van der Waals surface area contributed by atoms with E-state index in [1.807, 2.05) is 10.6 Å². The fourth-order valence-electron chi connectivity index (χ4n) is 2.61. The molecule has 6 heteroatoms. The molecular weight excluding hydrogens is 286 g/mol. The molecule has 0 unspecified atom stereocenters. The molecule has 0 saturated heterocycles. The third-order valence-electron chi connectivity index (χ3n) is 3.73. The lowest BCUT2D eigenvalue weighted by Gasteiger charge is -2.06. The highest BCUT2D eigenvalue weighted by molar-refractivity contribution is 5.87. The van der Waals surface area contributed by atoms with Crippen LogP contribution in [0.3, 0.4) is 0 Å². The van der Waals surface area contributed by atoms with Gasteiger partial charge in [-0.05, 0) is 31.1 Å². The van der Waals surface area contributed by atoms with Crippen molar-refractivity contribution in [2.45, 2.75) is 32.2 Å². The number of nitrogens with zero attached hydrogens (tertiary/aromatic N) is 4. The summed E-state index contributed by atoms with van der Waals surface area (Å²) < 4.78 is 28.6. The van der Waals surface area contributed by atoms with Crippen molar-refractivity contribution < 1.29 is 8.78 Å². The number of rotatable bonds is 2. The smallest absolute Gasteiger partial charge is 0.174 e. The van der Waals surface area contributed by atoms with Crippen LogP contribution in [0.4, 0.5) is 8.78 Å². The summed E-state index contributed by atoms with van der Waals surface area (Å²) in [6.07, 6.45) is 5.38. The summed E-state index contributed by atoms with van der Waals surface area (Å²) in [5.74, 6) is -0.0517. The molecule has 1 aromatic heterocycles. The SMILES string of the molecule is N#C/C(=C\c1ccc(F)cc1F)c1nnc2n1CCCCC2. The van der Waals surface area contributed by atoms with Crippen LogP contribution in [0, 0.1) is 23.0 Å². The van der Waals surface area contributed by atoms with Crippen molar-refractivity contribution in [1.29, 1.82) is 5.26 Å². The van der Waals surface area contributed by atoms with Gasteiger partial charge in [0.2, 0.25) is 0 Å². The Balaban J connectivity index is 2.03. The zero-order valence-electron chi connectivity index (χ0n) is 11.9. The quantitative estimate of drug-likeness (QED) is 0.799. The number of fused-ring (bicyclic) bond motifs is 1. The zero-order valence-corrected chi connectivity index (χ0v) is 11.9. The molecule has 1 aliphatic rings. The first-order valence-electron chi connectivity index (χ1n) is 7.18. The summed E-state index contributed by atoms with van der Waals surface area (Å²) in [4.78, 5) is 0. The molecule has 2 heterocycles. The Labute approximate surface area is 126 Å². The molecule has 4 nitrogen and oxygen atoms in total. The summed E-state index contributed by atoms with van der Waals surface area (Å²) in [6, 6.07) is 5.31. The summed E-state index contributed by atoms with van der Waals surface area (Å²) in [6.45, 7) is 0.753. The Hall–Kier alpha value is -2.55. The van der Waals surface area contributed by atoms with E-state index in [4.69, 9.17) is 0 Å². The van der Waals surface area contributed by atoms with Crippen molar-refractivity contribution in [3.05, 3.63) is 47.0 Å². The topological polar surface area (TPSA) is 54.5 Å². The molecule has 0 saturated carbocycles. The third-order valence-corrected chi connectivity index (χ3v) is 3.73. The number of benzene rings is 1. The minimum atomic E-state index is -0.705. The van der Waals surface area contributed by atoms with Crippen molar-refractivity contribution >= 4 is 11.6 Å². The van der Waals surface area contributed by atoms with Crippen LogP contribution in [0.15, 0.2) is 18.2 Å². The van der Waals surface area contributed by atoms with Crippen LogP contribution in [0.2, 0.25) is 0 Å². The van der Waals surface area contributed by atoms with Gasteiger partial charge in [-0.25, -0.2) is 8.78 Å². The number of aromatic nitrogens is 3. The maximum atomic E-state index is 13.8. The highest BCUT2D eigenvalue weighted by atomic mass is 19.1. The van der Waals surface area contributed by atoms with Gasteiger partial charge in [-0.2, -0.15) is 5.26 Å². The lowest BCUT2D eigenvalue weighted by molar-refractivity contribution is 0.581. The molecule has 0 N–H and O–H groups in total. The second-order valence-electron chi connectivity index (χ2n) is 5.24. The average molecular weight is 300 g/mol. The van der Waals surface area contributed by atoms with E-state index in [1.165, 1.54) is 12.1 Å². The van der Waals surface area contributed by atoms with Crippen molar-refractivity contribution in [1.82, 2.24) is 14.8 Å². The van der Waals surface area contributed by atoms with Gasteiger partial charge in [0.05, 0.1) is 5.57 Å². The van der Waals surface area contributed by atoms with E-state index in [0.717, 1.165) is 50.2 Å². The number of nitriles is 1. The highest BCUT2D eigenvalue weighted by Crippen LogP contribution is 2.22. The van der Waals surface area contributed by atoms with Crippen LogP contribution < -0.4 is 0 Å². The number of halogens is 2. The first kappa shape index (κ1) is 14.4. The summed E-state index contributed by atoms with van der Waals surface area (Å²) in [5, 5.41) is 17.6. The Morgan fingerprint density at radius 1 is 1.23 bits per heavy atom. The predicted molar refractivity (Wildman–Crippen MR) is 77.4 cm³/mol. The molecule has 1 aromatic carbocycles. The van der Waals surface area contributed by atoms with Crippen LogP contribution in [0.1, 0.15) is 36.5 Å². The van der Waals surface area contributed by atoms with Crippen LogP contribution in [-0.4, -0.2) is 14.8 Å². The molecule has 0 fully saturated rings. The number of aryl methyl sites for hydroxylation is 1. The van der Waals surface area contributed by atoms with E-state index in [2.05, 4.69) is 10.2 Å². The van der Waals surface area contributed by atoms with Gasteiger partial charge >= 0.3 is 0 Å². The summed E-state index contributed by atoms with van der Waals surface area (Å²) >= 11 is 0. The van der Waals surface area contributed by atoms with E-state index >= 15 is 0 Å². The normalized spacial score (nSPS) is 15.0. The second kappa shape index (κ2) is 6.06. The third kappa shape index (κ3) is 2.75. The number of hydrogen-bond donors (Lipinski definition) is 0. The van der Waals surface area contributed by atoms with Gasteiger partial charge in [0.1, 0.15) is 23.5 Å². The molecule has 0 radical (unpaired) electrons. The standard InChI is InChI=1S/C16H14F2N4/c17-13-6-5-11(14(18)9-13)8-12(10-19)16-21-20-15-4-2-1-3-7-22(15)16/h5-6,8-9H,1-4,7H2/b12-8+. The first-order chi connectivity index (χ1) is 10.7. The van der Waals surface area contributed by atoms with Gasteiger partial charge < -0.3 is 4.57 Å². The Kier molecular flexibility index (Phi) is 3.96. The van der Waals surface area contributed by atoms with Crippen LogP contribution in [-0.2, 0) is 13.0 Å². The van der Waals surface area contributed by atoms with Crippen molar-refractivity contribution in [3.63, 3.8) is 0 Å². The predicted octanol–water partition coefficient (Wildman–Crippen LogP) is 3.35. The zero-order chi connectivity index (χ0) is 15.5.